The summed E-state index contributed by atoms with van der Waals surface area (Å²) in [5.41, 5.74) is 0. The van der Waals surface area contributed by atoms with E-state index < -0.39 is 7.75 Å². The lowest BCUT2D eigenvalue weighted by molar-refractivity contribution is 0.160. The van der Waals surface area contributed by atoms with Crippen LogP contribution in [0.1, 0.15) is 34.1 Å². The van der Waals surface area contributed by atoms with Crippen molar-refractivity contribution < 1.29 is 13.2 Å². The van der Waals surface area contributed by atoms with Crippen LogP contribution in [0, 0.1) is 11.3 Å². The summed E-state index contributed by atoms with van der Waals surface area (Å²) in [7, 11) is -3.50. The summed E-state index contributed by atoms with van der Waals surface area (Å²) in [6.07, 6.45) is -0.0305. The number of nitriles is 1. The molecule has 0 rings (SSSR count). The first kappa shape index (κ1) is 15.9. The standard InChI is InChI=1S/C9H18ClN2O3P/c1-8(2)12(7-5-6-11)16(13,15-10)14-9(3)4/h8-9H,5,7H2,1-4H3. The summed E-state index contributed by atoms with van der Waals surface area (Å²) in [5.74, 6) is 0. The molecule has 0 spiro atoms. The Bertz CT molecular complexity index is 291. The molecule has 0 aromatic heterocycles. The molecular weight excluding hydrogens is 251 g/mol. The molecule has 0 N–H and O–H groups in total. The number of hydrogen-bond donors (Lipinski definition) is 0. The van der Waals surface area contributed by atoms with Gasteiger partial charge >= 0.3 is 7.75 Å². The van der Waals surface area contributed by atoms with Gasteiger partial charge in [-0.1, -0.05) is 0 Å². The molecule has 7 heteroatoms. The normalized spacial score (nSPS) is 15.4. The van der Waals surface area contributed by atoms with Crippen LogP contribution in [0.25, 0.3) is 0 Å². The fraction of sp³-hybridized carbons (Fsp3) is 0.889. The molecule has 0 amide bonds. The van der Waals surface area contributed by atoms with Crippen LogP contribution in [0.5, 0.6) is 0 Å². The average Bonchev–Trinajstić information content (AvgIpc) is 2.16. The van der Waals surface area contributed by atoms with Gasteiger partial charge in [-0.2, -0.15) is 9.34 Å². The molecule has 0 fully saturated rings. The molecule has 0 aliphatic heterocycles. The fourth-order valence-electron chi connectivity index (χ4n) is 1.21. The lowest BCUT2D eigenvalue weighted by atomic mass is 10.3. The van der Waals surface area contributed by atoms with Crippen LogP contribution >= 0.6 is 19.6 Å². The predicted molar refractivity (Wildman–Crippen MR) is 62.8 cm³/mol. The molecule has 1 atom stereocenters. The molecule has 0 saturated heterocycles. The quantitative estimate of drug-likeness (QED) is 0.663. The van der Waals surface area contributed by atoms with Crippen LogP contribution in [-0.4, -0.2) is 23.4 Å². The first-order valence-electron chi connectivity index (χ1n) is 5.10. The van der Waals surface area contributed by atoms with Crippen LogP contribution in [0.3, 0.4) is 0 Å². The molecule has 0 saturated carbocycles. The predicted octanol–water partition coefficient (Wildman–Crippen LogP) is 3.31. The van der Waals surface area contributed by atoms with Crippen LogP contribution in [0.4, 0.5) is 0 Å². The summed E-state index contributed by atoms with van der Waals surface area (Å²) in [6, 6.07) is 1.90. The summed E-state index contributed by atoms with van der Waals surface area (Å²) in [5, 5.41) is 8.54. The molecule has 0 aliphatic carbocycles. The van der Waals surface area contributed by atoms with Crippen LogP contribution in [0.15, 0.2) is 0 Å². The third kappa shape index (κ3) is 4.82. The molecule has 0 radical (unpaired) electrons. The molecule has 94 valence electrons. The van der Waals surface area contributed by atoms with E-state index in [0.29, 0.717) is 6.54 Å². The van der Waals surface area contributed by atoms with Crippen molar-refractivity contribution in [2.45, 2.75) is 46.3 Å². The maximum absolute atomic E-state index is 12.3. The molecule has 0 aliphatic rings. The second-order valence-corrected chi connectivity index (χ2v) is 6.07. The molecule has 5 nitrogen and oxygen atoms in total. The third-order valence-corrected chi connectivity index (χ3v) is 4.47. The van der Waals surface area contributed by atoms with E-state index >= 15 is 0 Å². The zero-order chi connectivity index (χ0) is 12.8. The average molecular weight is 269 g/mol. The Morgan fingerprint density at radius 2 is 2.00 bits per heavy atom. The molecule has 0 bridgehead atoms. The van der Waals surface area contributed by atoms with Gasteiger partial charge in [0, 0.05) is 19.0 Å². The highest BCUT2D eigenvalue weighted by Crippen LogP contribution is 2.55. The Kier molecular flexibility index (Phi) is 7.21. The second-order valence-electron chi connectivity index (χ2n) is 3.86. The van der Waals surface area contributed by atoms with E-state index in [2.05, 4.69) is 4.08 Å². The van der Waals surface area contributed by atoms with E-state index in [-0.39, 0.29) is 18.6 Å². The monoisotopic (exact) mass is 268 g/mol. The number of rotatable bonds is 7. The first-order chi connectivity index (χ1) is 7.37. The van der Waals surface area contributed by atoms with Crippen molar-refractivity contribution in [2.24, 2.45) is 0 Å². The molecule has 16 heavy (non-hydrogen) atoms. The highest BCUT2D eigenvalue weighted by Gasteiger charge is 2.36. The van der Waals surface area contributed by atoms with Gasteiger partial charge in [0.15, 0.2) is 0 Å². The highest BCUT2D eigenvalue weighted by atomic mass is 35.5. The van der Waals surface area contributed by atoms with E-state index in [1.165, 1.54) is 4.67 Å². The van der Waals surface area contributed by atoms with Crippen molar-refractivity contribution in [3.8, 4) is 6.07 Å². The largest absolute Gasteiger partial charge is 0.425 e. The van der Waals surface area contributed by atoms with Crippen LogP contribution < -0.4 is 0 Å². The zero-order valence-corrected chi connectivity index (χ0v) is 11.7. The lowest BCUT2D eigenvalue weighted by Crippen LogP contribution is -2.30. The summed E-state index contributed by atoms with van der Waals surface area (Å²) >= 11 is 5.26. The maximum atomic E-state index is 12.3. The van der Waals surface area contributed by atoms with Gasteiger partial charge in [0.25, 0.3) is 0 Å². The minimum absolute atomic E-state index is 0.0864. The van der Waals surface area contributed by atoms with Gasteiger partial charge in [0.1, 0.15) is 0 Å². The fourth-order valence-corrected chi connectivity index (χ4v) is 3.22. The topological polar surface area (TPSA) is 62.6 Å². The minimum atomic E-state index is -3.50. The van der Waals surface area contributed by atoms with Crippen molar-refractivity contribution in [3.63, 3.8) is 0 Å². The Labute approximate surface area is 102 Å². The van der Waals surface area contributed by atoms with Gasteiger partial charge in [-0.3, -0.25) is 4.52 Å². The molecule has 0 aromatic carbocycles. The van der Waals surface area contributed by atoms with Crippen LogP contribution in [-0.2, 0) is 13.2 Å². The maximum Gasteiger partial charge on any atom is 0.425 e. The summed E-state index contributed by atoms with van der Waals surface area (Å²) < 4.78 is 23.5. The molecular formula is C9H18ClN2O3P. The third-order valence-electron chi connectivity index (χ3n) is 1.79. The van der Waals surface area contributed by atoms with Crippen molar-refractivity contribution in [1.29, 1.82) is 5.26 Å². The number of nitrogens with zero attached hydrogens (tertiary/aromatic N) is 2. The van der Waals surface area contributed by atoms with E-state index in [4.69, 9.17) is 21.7 Å². The second kappa shape index (κ2) is 7.26. The van der Waals surface area contributed by atoms with Gasteiger partial charge < -0.3 is 0 Å². The van der Waals surface area contributed by atoms with E-state index in [0.717, 1.165) is 0 Å². The van der Waals surface area contributed by atoms with Crippen molar-refractivity contribution in [2.75, 3.05) is 6.54 Å². The lowest BCUT2D eigenvalue weighted by Gasteiger charge is -2.31. The smallest absolute Gasteiger partial charge is 0.293 e. The molecule has 0 aromatic rings. The van der Waals surface area contributed by atoms with Crippen molar-refractivity contribution in [3.05, 3.63) is 0 Å². The van der Waals surface area contributed by atoms with Crippen molar-refractivity contribution >= 4 is 19.6 Å². The Morgan fingerprint density at radius 1 is 1.44 bits per heavy atom. The molecule has 0 heterocycles. The SMILES string of the molecule is CC(C)OP(=O)(OCl)N(CCC#N)C(C)C. The Morgan fingerprint density at radius 3 is 2.31 bits per heavy atom. The van der Waals surface area contributed by atoms with Gasteiger partial charge in [-0.05, 0) is 27.7 Å². The Balaban J connectivity index is 4.83. The number of hydrogen-bond acceptors (Lipinski definition) is 4. The van der Waals surface area contributed by atoms with E-state index in [1.54, 1.807) is 13.8 Å². The summed E-state index contributed by atoms with van der Waals surface area (Å²) in [4.78, 5) is 0. The number of halogens is 1. The van der Waals surface area contributed by atoms with Gasteiger partial charge in [0.2, 0.25) is 0 Å². The van der Waals surface area contributed by atoms with Gasteiger partial charge in [0.05, 0.1) is 24.0 Å². The van der Waals surface area contributed by atoms with Crippen LogP contribution in [0.2, 0.25) is 0 Å². The first-order valence-corrected chi connectivity index (χ1v) is 6.90. The van der Waals surface area contributed by atoms with Crippen molar-refractivity contribution in [1.82, 2.24) is 4.67 Å². The highest BCUT2D eigenvalue weighted by molar-refractivity contribution is 7.52. The van der Waals surface area contributed by atoms with Gasteiger partial charge in [-0.15, -0.1) is 0 Å². The van der Waals surface area contributed by atoms with E-state index in [1.807, 2.05) is 19.9 Å². The molecule has 1 unspecified atom stereocenters. The zero-order valence-electron chi connectivity index (χ0n) is 10.0. The minimum Gasteiger partial charge on any atom is -0.293 e. The summed E-state index contributed by atoms with van der Waals surface area (Å²) in [6.45, 7) is 7.45. The Hall–Kier alpha value is -0.110. The van der Waals surface area contributed by atoms with Gasteiger partial charge in [-0.25, -0.2) is 9.24 Å². The van der Waals surface area contributed by atoms with E-state index in [9.17, 15) is 4.57 Å².